The number of benzene rings is 1. The Bertz CT molecular complexity index is 698. The van der Waals surface area contributed by atoms with Gasteiger partial charge >= 0.3 is 0 Å². The van der Waals surface area contributed by atoms with Crippen LogP contribution in [0.4, 0.5) is 5.69 Å². The highest BCUT2D eigenvalue weighted by Crippen LogP contribution is 2.29. The summed E-state index contributed by atoms with van der Waals surface area (Å²) in [7, 11) is -1.68. The topological polar surface area (TPSA) is 58.2 Å². The SMILES string of the molecule is CNC(C)c1cccc(NS(=O)(=O)c2sccc2Br)c1. The van der Waals surface area contributed by atoms with Crippen molar-refractivity contribution in [3.8, 4) is 0 Å². The van der Waals surface area contributed by atoms with Crippen LogP contribution in [0.3, 0.4) is 0 Å². The molecule has 1 heterocycles. The van der Waals surface area contributed by atoms with Gasteiger partial charge in [0.1, 0.15) is 0 Å². The average Bonchev–Trinajstić information content (AvgIpc) is 2.85. The highest BCUT2D eigenvalue weighted by atomic mass is 79.9. The molecule has 0 saturated carbocycles. The Morgan fingerprint density at radius 1 is 1.30 bits per heavy atom. The first-order chi connectivity index (χ1) is 9.44. The van der Waals surface area contributed by atoms with Crippen molar-refractivity contribution < 1.29 is 8.42 Å². The van der Waals surface area contributed by atoms with E-state index < -0.39 is 10.0 Å². The van der Waals surface area contributed by atoms with Crippen molar-refractivity contribution in [2.75, 3.05) is 11.8 Å². The summed E-state index contributed by atoms with van der Waals surface area (Å²) in [5.74, 6) is 0. The third-order valence-corrected chi connectivity index (χ3v) is 6.95. The number of thiophene rings is 1. The van der Waals surface area contributed by atoms with Crippen molar-refractivity contribution in [2.24, 2.45) is 0 Å². The predicted molar refractivity (Wildman–Crippen MR) is 86.7 cm³/mol. The Labute approximate surface area is 131 Å². The molecule has 0 spiro atoms. The van der Waals surface area contributed by atoms with Crippen LogP contribution in [-0.4, -0.2) is 15.5 Å². The second-order valence-electron chi connectivity index (χ2n) is 4.30. The van der Waals surface area contributed by atoms with E-state index >= 15 is 0 Å². The summed E-state index contributed by atoms with van der Waals surface area (Å²) in [6, 6.07) is 9.25. The molecule has 0 aliphatic carbocycles. The average molecular weight is 375 g/mol. The molecule has 2 N–H and O–H groups in total. The lowest BCUT2D eigenvalue weighted by atomic mass is 10.1. The number of sulfonamides is 1. The molecule has 1 aromatic carbocycles. The molecule has 1 atom stereocenters. The monoisotopic (exact) mass is 374 g/mol. The van der Waals surface area contributed by atoms with Gasteiger partial charge in [0.05, 0.1) is 0 Å². The van der Waals surface area contributed by atoms with Crippen LogP contribution < -0.4 is 10.0 Å². The summed E-state index contributed by atoms with van der Waals surface area (Å²) in [4.78, 5) is 0. The van der Waals surface area contributed by atoms with Gasteiger partial charge in [-0.15, -0.1) is 11.3 Å². The highest BCUT2D eigenvalue weighted by molar-refractivity contribution is 9.10. The fourth-order valence-electron chi connectivity index (χ4n) is 1.71. The van der Waals surface area contributed by atoms with E-state index in [0.717, 1.165) is 5.56 Å². The fraction of sp³-hybridized carbons (Fsp3) is 0.231. The van der Waals surface area contributed by atoms with Crippen molar-refractivity contribution in [2.45, 2.75) is 17.2 Å². The molecule has 1 unspecified atom stereocenters. The normalized spacial score (nSPS) is 13.2. The summed E-state index contributed by atoms with van der Waals surface area (Å²) >= 11 is 4.43. The molecule has 2 aromatic rings. The van der Waals surface area contributed by atoms with E-state index in [1.54, 1.807) is 17.5 Å². The third-order valence-electron chi connectivity index (χ3n) is 2.90. The van der Waals surface area contributed by atoms with E-state index in [0.29, 0.717) is 10.2 Å². The number of nitrogens with one attached hydrogen (secondary N) is 2. The number of hydrogen-bond acceptors (Lipinski definition) is 4. The maximum absolute atomic E-state index is 12.3. The van der Waals surface area contributed by atoms with Crippen LogP contribution in [0.25, 0.3) is 0 Å². The molecule has 0 fully saturated rings. The molecule has 0 saturated heterocycles. The minimum Gasteiger partial charge on any atom is -0.313 e. The largest absolute Gasteiger partial charge is 0.313 e. The minimum atomic E-state index is -3.55. The summed E-state index contributed by atoms with van der Waals surface area (Å²) in [6.07, 6.45) is 0. The fourth-order valence-corrected chi connectivity index (χ4v) is 5.10. The van der Waals surface area contributed by atoms with Crippen molar-refractivity contribution in [3.05, 3.63) is 45.7 Å². The van der Waals surface area contributed by atoms with E-state index in [2.05, 4.69) is 26.0 Å². The van der Waals surface area contributed by atoms with Crippen LogP contribution >= 0.6 is 27.3 Å². The molecule has 20 heavy (non-hydrogen) atoms. The minimum absolute atomic E-state index is 0.160. The lowest BCUT2D eigenvalue weighted by Gasteiger charge is -2.13. The van der Waals surface area contributed by atoms with E-state index in [1.165, 1.54) is 11.3 Å². The molecule has 108 valence electrons. The molecule has 0 bridgehead atoms. The molecule has 7 heteroatoms. The molecular weight excluding hydrogens is 360 g/mol. The van der Waals surface area contributed by atoms with E-state index in [9.17, 15) is 8.42 Å². The Morgan fingerprint density at radius 2 is 2.05 bits per heavy atom. The van der Waals surface area contributed by atoms with Crippen molar-refractivity contribution in [1.29, 1.82) is 0 Å². The van der Waals surface area contributed by atoms with E-state index in [4.69, 9.17) is 0 Å². The zero-order chi connectivity index (χ0) is 14.8. The highest BCUT2D eigenvalue weighted by Gasteiger charge is 2.19. The van der Waals surface area contributed by atoms with E-state index in [1.807, 2.05) is 32.2 Å². The standard InChI is InChI=1S/C13H15BrN2O2S2/c1-9(15-2)10-4-3-5-11(8-10)16-20(17,18)13-12(14)6-7-19-13/h3-9,15-16H,1-2H3. The zero-order valence-corrected chi connectivity index (χ0v) is 14.3. The first kappa shape index (κ1) is 15.5. The maximum atomic E-state index is 12.3. The molecule has 0 radical (unpaired) electrons. The van der Waals surface area contributed by atoms with Gasteiger partial charge in [-0.2, -0.15) is 0 Å². The Morgan fingerprint density at radius 3 is 2.65 bits per heavy atom. The van der Waals surface area contributed by atoms with Crippen molar-refractivity contribution in [3.63, 3.8) is 0 Å². The molecule has 0 amide bonds. The number of anilines is 1. The summed E-state index contributed by atoms with van der Waals surface area (Å²) < 4.78 is 28.0. The van der Waals surface area contributed by atoms with Crippen LogP contribution in [0.15, 0.2) is 44.4 Å². The lowest BCUT2D eigenvalue weighted by molar-refractivity contribution is 0.602. The Hall–Kier alpha value is -0.890. The zero-order valence-electron chi connectivity index (χ0n) is 11.1. The number of hydrogen-bond donors (Lipinski definition) is 2. The van der Waals surface area contributed by atoms with Crippen molar-refractivity contribution >= 4 is 43.0 Å². The van der Waals surface area contributed by atoms with Crippen LogP contribution in [0, 0.1) is 0 Å². The van der Waals surface area contributed by atoms with Crippen molar-refractivity contribution in [1.82, 2.24) is 5.32 Å². The molecule has 2 rings (SSSR count). The Kier molecular flexibility index (Phi) is 4.85. The number of rotatable bonds is 5. The quantitative estimate of drug-likeness (QED) is 0.840. The maximum Gasteiger partial charge on any atom is 0.272 e. The van der Waals surface area contributed by atoms with Gasteiger partial charge in [-0.25, -0.2) is 8.42 Å². The second kappa shape index (κ2) is 6.26. The van der Waals surface area contributed by atoms with Crippen LogP contribution in [0.2, 0.25) is 0 Å². The van der Waals surface area contributed by atoms with Crippen LogP contribution in [-0.2, 0) is 10.0 Å². The van der Waals surface area contributed by atoms with Crippen LogP contribution in [0.1, 0.15) is 18.5 Å². The van der Waals surface area contributed by atoms with Gasteiger partial charge in [0.25, 0.3) is 10.0 Å². The Balaban J connectivity index is 2.28. The van der Waals surface area contributed by atoms with Gasteiger partial charge in [-0.1, -0.05) is 12.1 Å². The van der Waals surface area contributed by atoms with Gasteiger partial charge in [0, 0.05) is 16.2 Å². The lowest BCUT2D eigenvalue weighted by Crippen LogP contribution is -2.14. The van der Waals surface area contributed by atoms with Gasteiger partial charge in [0.15, 0.2) is 4.21 Å². The molecule has 4 nitrogen and oxygen atoms in total. The number of halogens is 1. The first-order valence-corrected chi connectivity index (χ1v) is 9.12. The second-order valence-corrected chi connectivity index (χ2v) is 7.95. The van der Waals surface area contributed by atoms with E-state index in [-0.39, 0.29) is 10.3 Å². The third kappa shape index (κ3) is 3.41. The molecule has 0 aliphatic heterocycles. The summed E-state index contributed by atoms with van der Waals surface area (Å²) in [5.41, 5.74) is 1.59. The predicted octanol–water partition coefficient (Wildman–Crippen LogP) is 3.59. The van der Waals surface area contributed by atoms with Gasteiger partial charge < -0.3 is 5.32 Å². The molecule has 0 aliphatic rings. The van der Waals surface area contributed by atoms with Gasteiger partial charge in [0.2, 0.25) is 0 Å². The first-order valence-electron chi connectivity index (χ1n) is 5.97. The van der Waals surface area contributed by atoms with Gasteiger partial charge in [-0.05, 0) is 59.0 Å². The van der Waals surface area contributed by atoms with Gasteiger partial charge in [-0.3, -0.25) is 4.72 Å². The summed E-state index contributed by atoms with van der Waals surface area (Å²) in [5, 5.41) is 4.86. The molecule has 1 aromatic heterocycles. The van der Waals surface area contributed by atoms with Crippen LogP contribution in [0.5, 0.6) is 0 Å². The summed E-state index contributed by atoms with van der Waals surface area (Å²) in [6.45, 7) is 2.02. The smallest absolute Gasteiger partial charge is 0.272 e. The molecular formula is C13H15BrN2O2S2.